The molecule has 1 aliphatic rings. The molecule has 1 saturated heterocycles. The van der Waals surface area contributed by atoms with Gasteiger partial charge in [0.25, 0.3) is 0 Å². The van der Waals surface area contributed by atoms with E-state index >= 15 is 0 Å². The molecule has 1 aliphatic heterocycles. The summed E-state index contributed by atoms with van der Waals surface area (Å²) in [7, 11) is -1.42. The van der Waals surface area contributed by atoms with Gasteiger partial charge >= 0.3 is 59.1 Å². The molecule has 0 saturated carbocycles. The van der Waals surface area contributed by atoms with Gasteiger partial charge in [-0.15, -0.1) is 0 Å². The molecule has 0 aromatic heterocycles. The molecule has 8 heteroatoms. The first-order valence-corrected chi connectivity index (χ1v) is 15.1. The first-order valence-electron chi connectivity index (χ1n) is 1.43. The van der Waals surface area contributed by atoms with Crippen LogP contribution in [-0.2, 0) is 30.1 Å². The minimum atomic E-state index is -1.42. The van der Waals surface area contributed by atoms with Crippen LogP contribution >= 0.6 is 45.8 Å². The fourth-order valence-corrected chi connectivity index (χ4v) is 0.300. The van der Waals surface area contributed by atoms with Crippen LogP contribution in [0.3, 0.4) is 0 Å². The van der Waals surface area contributed by atoms with Gasteiger partial charge in [-0.3, -0.25) is 9.05 Å². The van der Waals surface area contributed by atoms with E-state index in [0.29, 0.717) is 13.3 Å². The van der Waals surface area contributed by atoms with Gasteiger partial charge in [-0.25, -0.2) is 0 Å². The molecule has 58 valence electrons. The second kappa shape index (κ2) is 11.2. The molecular formula is CH3I3O3PW-. The van der Waals surface area contributed by atoms with Crippen molar-refractivity contribution in [3.63, 3.8) is 0 Å². The SMILES string of the molecule is I[I-]I.OP1OCO1.[W]. The molecule has 0 radical (unpaired) electrons. The molecule has 0 amide bonds. The zero-order valence-electron chi connectivity index (χ0n) is 3.96. The minimum absolute atomic E-state index is 0. The second-order valence-electron chi connectivity index (χ2n) is 0.668. The molecule has 0 aromatic rings. The quantitative estimate of drug-likeness (QED) is 0.268. The van der Waals surface area contributed by atoms with Crippen molar-refractivity contribution >= 4 is 45.8 Å². The average molecular weight is 659 g/mol. The van der Waals surface area contributed by atoms with Crippen LogP contribution in [0.2, 0.25) is 0 Å². The van der Waals surface area contributed by atoms with Crippen molar-refractivity contribution in [1.29, 1.82) is 0 Å². The van der Waals surface area contributed by atoms with E-state index in [0.717, 1.165) is 0 Å². The van der Waals surface area contributed by atoms with Crippen LogP contribution in [0.25, 0.3) is 0 Å². The Morgan fingerprint density at radius 2 is 1.67 bits per heavy atom. The van der Waals surface area contributed by atoms with Crippen LogP contribution in [-0.4, -0.2) is 11.7 Å². The predicted octanol–water partition coefficient (Wildman–Crippen LogP) is -1.02. The van der Waals surface area contributed by atoms with E-state index in [4.69, 9.17) is 4.89 Å². The molecule has 0 aromatic carbocycles. The monoisotopic (exact) mass is 659 g/mol. The summed E-state index contributed by atoms with van der Waals surface area (Å²) in [5, 5.41) is 0. The zero-order chi connectivity index (χ0) is 6.41. The van der Waals surface area contributed by atoms with Crippen LogP contribution < -0.4 is 13.3 Å². The molecule has 3 nitrogen and oxygen atoms in total. The Morgan fingerprint density at radius 1 is 1.44 bits per heavy atom. The molecular weight excluding hydrogens is 656 g/mol. The van der Waals surface area contributed by atoms with Crippen molar-refractivity contribution in [1.82, 2.24) is 0 Å². The third kappa shape index (κ3) is 11.2. The maximum Gasteiger partial charge on any atom is 0.334 e. The fraction of sp³-hybridized carbons (Fsp3) is 1.00. The minimum Gasteiger partial charge on any atom is -0.328 e. The van der Waals surface area contributed by atoms with Crippen molar-refractivity contribution in [2.24, 2.45) is 0 Å². The molecule has 0 unspecified atom stereocenters. The average Bonchev–Trinajstić information content (AvgIpc) is 1.64. The van der Waals surface area contributed by atoms with E-state index in [9.17, 15) is 0 Å². The Hall–Kier alpha value is 3.19. The topological polar surface area (TPSA) is 38.7 Å². The maximum atomic E-state index is 8.07. The first-order chi connectivity index (χ1) is 3.81. The largest absolute Gasteiger partial charge is 0.334 e. The predicted molar refractivity (Wildman–Crippen MR) is 44.2 cm³/mol. The maximum absolute atomic E-state index is 8.07. The van der Waals surface area contributed by atoms with Crippen LogP contribution in [0.5, 0.6) is 0 Å². The molecule has 1 N–H and O–H groups in total. The van der Waals surface area contributed by atoms with Gasteiger partial charge in [-0.2, -0.15) is 0 Å². The van der Waals surface area contributed by atoms with Gasteiger partial charge in [0.1, 0.15) is 0 Å². The van der Waals surface area contributed by atoms with Crippen molar-refractivity contribution in [2.45, 2.75) is 0 Å². The van der Waals surface area contributed by atoms with E-state index in [1.165, 1.54) is 0 Å². The normalized spacial score (nSPS) is 16.8. The van der Waals surface area contributed by atoms with Gasteiger partial charge in [-0.1, -0.05) is 0 Å². The summed E-state index contributed by atoms with van der Waals surface area (Å²) in [5.74, 6) is 0. The van der Waals surface area contributed by atoms with Gasteiger partial charge < -0.3 is 4.89 Å². The van der Waals surface area contributed by atoms with Crippen molar-refractivity contribution in [2.75, 3.05) is 6.79 Å². The van der Waals surface area contributed by atoms with Gasteiger partial charge in [0.15, 0.2) is 6.79 Å². The van der Waals surface area contributed by atoms with Gasteiger partial charge in [0.2, 0.25) is 0 Å². The molecule has 1 rings (SSSR count). The second-order valence-corrected chi connectivity index (χ2v) is 17.9. The van der Waals surface area contributed by atoms with Gasteiger partial charge in [-0.05, 0) is 0 Å². The van der Waals surface area contributed by atoms with Crippen molar-refractivity contribution < 1.29 is 48.3 Å². The molecule has 0 aliphatic carbocycles. The molecule has 0 atom stereocenters. The number of rotatable bonds is 0. The summed E-state index contributed by atoms with van der Waals surface area (Å²) < 4.78 is 8.66. The van der Waals surface area contributed by atoms with E-state index in [1.54, 1.807) is 0 Å². The number of halogens is 3. The van der Waals surface area contributed by atoms with Crippen molar-refractivity contribution in [3.8, 4) is 0 Å². The summed E-state index contributed by atoms with van der Waals surface area (Å²) >= 11 is 5.30. The van der Waals surface area contributed by atoms with E-state index in [-0.39, 0.29) is 27.9 Å². The van der Waals surface area contributed by atoms with E-state index in [2.05, 4.69) is 46.3 Å². The Bertz CT molecular complexity index is 54.3. The Morgan fingerprint density at radius 3 is 1.67 bits per heavy atom. The van der Waals surface area contributed by atoms with Crippen LogP contribution in [0, 0.1) is 0 Å². The summed E-state index contributed by atoms with van der Waals surface area (Å²) in [6.45, 7) is 0.266. The standard InChI is InChI=1S/CH3O3P.I3.W/c2-5-3-1-4-5;1-3-2;/h2H,1H2;;/q;-1;. The first kappa shape index (κ1) is 14.7. The Balaban J connectivity index is 0. The van der Waals surface area contributed by atoms with Gasteiger partial charge in [0.05, 0.1) is 0 Å². The zero-order valence-corrected chi connectivity index (χ0v) is 14.3. The fourth-order valence-electron chi connectivity index (χ4n) is 0.0998. The van der Waals surface area contributed by atoms with Crippen LogP contribution in [0.4, 0.5) is 0 Å². The van der Waals surface area contributed by atoms with Gasteiger partial charge in [0, 0.05) is 21.1 Å². The molecule has 0 spiro atoms. The summed E-state index contributed by atoms with van der Waals surface area (Å²) in [5.41, 5.74) is 0. The molecule has 1 heterocycles. The van der Waals surface area contributed by atoms with Crippen molar-refractivity contribution in [3.05, 3.63) is 0 Å². The third-order valence-corrected chi connectivity index (χ3v) is 0.979. The smallest absolute Gasteiger partial charge is 0.328 e. The molecule has 0 bridgehead atoms. The molecule has 9 heavy (non-hydrogen) atoms. The Kier molecular flexibility index (Phi) is 18.3. The summed E-state index contributed by atoms with van der Waals surface area (Å²) in [4.78, 5) is 8.07. The number of hydrogen-bond acceptors (Lipinski definition) is 3. The Labute approximate surface area is 98.9 Å². The molecule has 1 fully saturated rings. The van der Waals surface area contributed by atoms with E-state index in [1.807, 2.05) is 0 Å². The number of hydrogen-bond donors (Lipinski definition) is 1. The third-order valence-electron chi connectivity index (χ3n) is 0.326. The van der Waals surface area contributed by atoms with E-state index < -0.39 is 8.60 Å². The van der Waals surface area contributed by atoms with Crippen LogP contribution in [0.15, 0.2) is 0 Å². The summed E-state index contributed by atoms with van der Waals surface area (Å²) in [6.07, 6.45) is 0. The van der Waals surface area contributed by atoms with Crippen LogP contribution in [0.1, 0.15) is 0 Å². The summed E-state index contributed by atoms with van der Waals surface area (Å²) in [6, 6.07) is 0.